The molecule has 1 amide bonds. The minimum absolute atomic E-state index is 0.0708. The quantitative estimate of drug-likeness (QED) is 0.512. The molecule has 1 aliphatic heterocycles. The maximum Gasteiger partial charge on any atom is 0.257 e. The van der Waals surface area contributed by atoms with Crippen molar-refractivity contribution in [2.75, 3.05) is 17.2 Å². The molecule has 30 heavy (non-hydrogen) atoms. The first-order chi connectivity index (χ1) is 14.6. The molecular weight excluding hydrogens is 448 g/mol. The van der Waals surface area contributed by atoms with Gasteiger partial charge in [-0.15, -0.1) is 0 Å². The second-order valence-electron chi connectivity index (χ2n) is 6.91. The van der Waals surface area contributed by atoms with Crippen LogP contribution in [0, 0.1) is 0 Å². The predicted octanol–water partition coefficient (Wildman–Crippen LogP) is 3.29. The Balaban J connectivity index is 1.77. The molecule has 1 atom stereocenters. The van der Waals surface area contributed by atoms with Crippen molar-refractivity contribution in [1.82, 2.24) is 19.7 Å². The van der Waals surface area contributed by atoms with Crippen molar-refractivity contribution in [1.29, 1.82) is 0 Å². The molecule has 8 nitrogen and oxygen atoms in total. The van der Waals surface area contributed by atoms with Crippen LogP contribution in [0.2, 0.25) is 0 Å². The number of fused-ring (bicyclic) bond motifs is 1. The average molecular weight is 469 g/mol. The van der Waals surface area contributed by atoms with Crippen LogP contribution in [-0.4, -0.2) is 37.4 Å². The first-order valence-electron chi connectivity index (χ1n) is 9.58. The predicted molar refractivity (Wildman–Crippen MR) is 117 cm³/mol. The summed E-state index contributed by atoms with van der Waals surface area (Å²) in [7, 11) is 0. The topological polar surface area (TPSA) is 105 Å². The van der Waals surface area contributed by atoms with E-state index in [1.54, 1.807) is 23.0 Å². The van der Waals surface area contributed by atoms with E-state index in [1.807, 2.05) is 37.3 Å². The van der Waals surface area contributed by atoms with Crippen molar-refractivity contribution in [3.8, 4) is 0 Å². The molecule has 0 bridgehead atoms. The van der Waals surface area contributed by atoms with Crippen molar-refractivity contribution in [3.05, 3.63) is 75.8 Å². The Kier molecular flexibility index (Phi) is 5.91. The normalized spacial score (nSPS) is 15.5. The molecule has 154 valence electrons. The van der Waals surface area contributed by atoms with Crippen molar-refractivity contribution in [2.45, 2.75) is 25.8 Å². The minimum atomic E-state index is -0.460. The van der Waals surface area contributed by atoms with Crippen LogP contribution in [0.25, 0.3) is 0 Å². The largest absolute Gasteiger partial charge is 0.396 e. The van der Waals surface area contributed by atoms with Crippen molar-refractivity contribution >= 4 is 33.6 Å². The third-order valence-corrected chi connectivity index (χ3v) is 5.26. The highest BCUT2D eigenvalue weighted by atomic mass is 79.9. The van der Waals surface area contributed by atoms with Gasteiger partial charge in [-0.25, -0.2) is 9.67 Å². The minimum Gasteiger partial charge on any atom is -0.396 e. The molecule has 3 heterocycles. The fourth-order valence-corrected chi connectivity index (χ4v) is 3.85. The van der Waals surface area contributed by atoms with Gasteiger partial charge in [0, 0.05) is 29.4 Å². The number of hydrogen-bond donors (Lipinski definition) is 3. The number of amides is 1. The third kappa shape index (κ3) is 4.12. The fourth-order valence-electron chi connectivity index (χ4n) is 3.44. The molecule has 0 fully saturated rings. The number of allylic oxidation sites excluding steroid dienone is 1. The summed E-state index contributed by atoms with van der Waals surface area (Å²) in [6.07, 6.45) is 2.76. The Morgan fingerprint density at radius 1 is 1.30 bits per heavy atom. The van der Waals surface area contributed by atoms with Crippen molar-refractivity contribution in [3.63, 3.8) is 0 Å². The summed E-state index contributed by atoms with van der Waals surface area (Å²) < 4.78 is 2.64. The van der Waals surface area contributed by atoms with Crippen LogP contribution in [-0.2, 0) is 11.2 Å². The summed E-state index contributed by atoms with van der Waals surface area (Å²) in [5.41, 5.74) is 2.13. The number of aromatic nitrogens is 4. The van der Waals surface area contributed by atoms with E-state index in [-0.39, 0.29) is 12.5 Å². The van der Waals surface area contributed by atoms with Crippen LogP contribution in [0.5, 0.6) is 0 Å². The smallest absolute Gasteiger partial charge is 0.257 e. The standard InChI is InChI=1S/C21H21BrN6O2/c1-13-18(20(30)25-16-8-2-3-10-23-16)19(14-6-4-7-15(22)12-14)28-21(24-13)26-17(27-28)9-5-11-29/h2-4,6-8,10,12,19,29H,5,9,11H2,1H3,(H,23,25,30)(H,24,26,27). The summed E-state index contributed by atoms with van der Waals surface area (Å²) in [4.78, 5) is 22.0. The van der Waals surface area contributed by atoms with Gasteiger partial charge in [0.05, 0.1) is 5.57 Å². The Hall–Kier alpha value is -3.04. The zero-order chi connectivity index (χ0) is 21.1. The molecule has 0 saturated heterocycles. The van der Waals surface area contributed by atoms with E-state index in [1.165, 1.54) is 0 Å². The number of halogens is 1. The Labute approximate surface area is 182 Å². The lowest BCUT2D eigenvalue weighted by atomic mass is 9.95. The van der Waals surface area contributed by atoms with Crippen LogP contribution in [0.1, 0.15) is 30.8 Å². The van der Waals surface area contributed by atoms with Crippen molar-refractivity contribution in [2.24, 2.45) is 0 Å². The van der Waals surface area contributed by atoms with Gasteiger partial charge in [-0.1, -0.05) is 34.1 Å². The van der Waals surface area contributed by atoms with Gasteiger partial charge in [-0.05, 0) is 43.2 Å². The van der Waals surface area contributed by atoms with E-state index < -0.39 is 6.04 Å². The molecule has 4 rings (SSSR count). The Morgan fingerprint density at radius 2 is 2.17 bits per heavy atom. The average Bonchev–Trinajstić information content (AvgIpc) is 3.14. The molecule has 1 aliphatic rings. The molecule has 1 aromatic carbocycles. The first-order valence-corrected chi connectivity index (χ1v) is 10.4. The number of nitrogens with zero attached hydrogens (tertiary/aromatic N) is 4. The number of aryl methyl sites for hydroxylation is 1. The van der Waals surface area contributed by atoms with Crippen molar-refractivity contribution < 1.29 is 9.90 Å². The number of carbonyl (C=O) groups is 1. The zero-order valence-corrected chi connectivity index (χ0v) is 17.9. The molecule has 3 aromatic rings. The highest BCUT2D eigenvalue weighted by molar-refractivity contribution is 9.10. The van der Waals surface area contributed by atoms with Gasteiger partial charge in [0.1, 0.15) is 11.9 Å². The number of benzene rings is 1. The zero-order valence-electron chi connectivity index (χ0n) is 16.3. The van der Waals surface area contributed by atoms with E-state index in [4.69, 9.17) is 5.11 Å². The fraction of sp³-hybridized carbons (Fsp3) is 0.238. The summed E-state index contributed by atoms with van der Waals surface area (Å²) in [5.74, 6) is 1.40. The van der Waals surface area contributed by atoms with E-state index >= 15 is 0 Å². The van der Waals surface area contributed by atoms with Crippen LogP contribution in [0.15, 0.2) is 64.4 Å². The van der Waals surface area contributed by atoms with Gasteiger partial charge in [0.2, 0.25) is 5.95 Å². The highest BCUT2D eigenvalue weighted by Gasteiger charge is 2.34. The lowest BCUT2D eigenvalue weighted by Gasteiger charge is -2.28. The molecular formula is C21H21BrN6O2. The van der Waals surface area contributed by atoms with E-state index in [9.17, 15) is 4.79 Å². The Morgan fingerprint density at radius 3 is 2.90 bits per heavy atom. The van der Waals surface area contributed by atoms with Crippen LogP contribution >= 0.6 is 15.9 Å². The third-order valence-electron chi connectivity index (χ3n) is 4.77. The monoisotopic (exact) mass is 468 g/mol. The number of pyridine rings is 1. The molecule has 9 heteroatoms. The van der Waals surface area contributed by atoms with E-state index in [2.05, 4.69) is 41.6 Å². The molecule has 3 N–H and O–H groups in total. The van der Waals surface area contributed by atoms with Gasteiger partial charge in [-0.3, -0.25) is 4.79 Å². The number of carbonyl (C=O) groups excluding carboxylic acids is 1. The molecule has 0 spiro atoms. The molecule has 2 aromatic heterocycles. The second-order valence-corrected chi connectivity index (χ2v) is 7.83. The van der Waals surface area contributed by atoms with Gasteiger partial charge in [-0.2, -0.15) is 10.1 Å². The Bertz CT molecular complexity index is 1100. The number of anilines is 2. The first kappa shape index (κ1) is 20.2. The summed E-state index contributed by atoms with van der Waals surface area (Å²) in [6, 6.07) is 12.7. The highest BCUT2D eigenvalue weighted by Crippen LogP contribution is 2.36. The number of hydrogen-bond acceptors (Lipinski definition) is 6. The summed E-state index contributed by atoms with van der Waals surface area (Å²) >= 11 is 3.52. The van der Waals surface area contributed by atoms with Gasteiger partial charge >= 0.3 is 0 Å². The molecule has 1 unspecified atom stereocenters. The second kappa shape index (κ2) is 8.76. The molecule has 0 saturated carbocycles. The number of nitrogens with one attached hydrogen (secondary N) is 2. The number of aliphatic hydroxyl groups excluding tert-OH is 1. The van der Waals surface area contributed by atoms with Crippen LogP contribution in [0.3, 0.4) is 0 Å². The SMILES string of the molecule is CC1=C(C(=O)Nc2ccccn2)C(c2cccc(Br)c2)n2nc(CCCO)nc2N1. The number of rotatable bonds is 6. The van der Waals surface area contributed by atoms with Crippen LogP contribution in [0.4, 0.5) is 11.8 Å². The number of aliphatic hydroxyl groups is 1. The van der Waals surface area contributed by atoms with Gasteiger partial charge in [0.25, 0.3) is 5.91 Å². The maximum atomic E-state index is 13.3. The van der Waals surface area contributed by atoms with E-state index in [0.29, 0.717) is 41.7 Å². The lowest BCUT2D eigenvalue weighted by molar-refractivity contribution is -0.113. The molecule has 0 aliphatic carbocycles. The maximum absolute atomic E-state index is 13.3. The molecule has 0 radical (unpaired) electrons. The lowest BCUT2D eigenvalue weighted by Crippen LogP contribution is -2.31. The van der Waals surface area contributed by atoms with Crippen LogP contribution < -0.4 is 10.6 Å². The van der Waals surface area contributed by atoms with E-state index in [0.717, 1.165) is 10.0 Å². The summed E-state index contributed by atoms with van der Waals surface area (Å²) in [6.45, 7) is 1.92. The van der Waals surface area contributed by atoms with Gasteiger partial charge in [0.15, 0.2) is 5.82 Å². The summed E-state index contributed by atoms with van der Waals surface area (Å²) in [5, 5.41) is 19.8. The van der Waals surface area contributed by atoms with Gasteiger partial charge < -0.3 is 15.7 Å².